The van der Waals surface area contributed by atoms with Crippen molar-refractivity contribution >= 4 is 17.5 Å². The van der Waals surface area contributed by atoms with Gasteiger partial charge in [0.15, 0.2) is 5.82 Å². The van der Waals surface area contributed by atoms with Crippen LogP contribution in [0.25, 0.3) is 5.57 Å². The van der Waals surface area contributed by atoms with Crippen LogP contribution in [0.4, 0.5) is 0 Å². The molecular weight excluding hydrogens is 344 g/mol. The fourth-order valence-corrected chi connectivity index (χ4v) is 3.73. The molecule has 1 fully saturated rings. The van der Waals surface area contributed by atoms with Crippen LogP contribution in [0.1, 0.15) is 36.5 Å². The van der Waals surface area contributed by atoms with E-state index in [1.54, 1.807) is 0 Å². The number of hydrogen-bond acceptors (Lipinski definition) is 6. The van der Waals surface area contributed by atoms with Gasteiger partial charge in [-0.25, -0.2) is 9.97 Å². The van der Waals surface area contributed by atoms with Gasteiger partial charge in [-0.3, -0.25) is 9.59 Å². The van der Waals surface area contributed by atoms with Crippen LogP contribution in [0.2, 0.25) is 0 Å². The lowest BCUT2D eigenvalue weighted by Crippen LogP contribution is -2.38. The Hall–Kier alpha value is -2.50. The van der Waals surface area contributed by atoms with E-state index in [9.17, 15) is 9.59 Å². The Kier molecular flexibility index (Phi) is 5.73. The highest BCUT2D eigenvalue weighted by Gasteiger charge is 2.44. The second-order valence-corrected chi connectivity index (χ2v) is 7.30. The number of carbonyl (C=O) groups excluding carboxylic acids is 2. The van der Waals surface area contributed by atoms with Gasteiger partial charge in [0.2, 0.25) is 0 Å². The van der Waals surface area contributed by atoms with Gasteiger partial charge < -0.3 is 9.47 Å². The Morgan fingerprint density at radius 2 is 1.70 bits per heavy atom. The van der Waals surface area contributed by atoms with Crippen molar-refractivity contribution in [3.63, 3.8) is 0 Å². The minimum absolute atomic E-state index is 0.322. The summed E-state index contributed by atoms with van der Waals surface area (Å²) in [5.41, 5.74) is 2.64. The molecule has 0 aromatic carbocycles. The number of aryl methyl sites for hydroxylation is 2. The largest absolute Gasteiger partial charge is 0.469 e. The first-order valence-electron chi connectivity index (χ1n) is 9.31. The standard InChI is InChI=1S/C21H26N2O4/c1-12-10-13(2)23-19(22-12)17(11-14-8-9-14)15-6-5-7-16(20(24)26-3)18(15)21(25)27-4/h5-6,10-11,14-16,18H,7-9H2,1-4H3/b17-11-/t15-,16-,18-/m0/s1. The number of ether oxygens (including phenoxy) is 2. The van der Waals surface area contributed by atoms with Crippen molar-refractivity contribution in [1.82, 2.24) is 9.97 Å². The highest BCUT2D eigenvalue weighted by Crippen LogP contribution is 2.42. The quantitative estimate of drug-likeness (QED) is 0.586. The van der Waals surface area contributed by atoms with Crippen molar-refractivity contribution in [2.75, 3.05) is 14.2 Å². The molecule has 6 nitrogen and oxygen atoms in total. The van der Waals surface area contributed by atoms with E-state index in [-0.39, 0.29) is 5.92 Å². The van der Waals surface area contributed by atoms with Crippen molar-refractivity contribution < 1.29 is 19.1 Å². The van der Waals surface area contributed by atoms with E-state index in [2.05, 4.69) is 16.0 Å². The van der Waals surface area contributed by atoms with Gasteiger partial charge in [-0.1, -0.05) is 18.2 Å². The molecule has 0 saturated heterocycles. The Morgan fingerprint density at radius 1 is 1.07 bits per heavy atom. The molecule has 0 spiro atoms. The van der Waals surface area contributed by atoms with Gasteiger partial charge in [0.05, 0.1) is 26.1 Å². The number of hydrogen-bond donors (Lipinski definition) is 0. The number of allylic oxidation sites excluding steroid dienone is 4. The summed E-state index contributed by atoms with van der Waals surface area (Å²) in [6, 6.07) is 1.92. The molecule has 0 bridgehead atoms. The first-order valence-corrected chi connectivity index (χ1v) is 9.31. The fourth-order valence-electron chi connectivity index (χ4n) is 3.73. The normalized spacial score (nSPS) is 25.2. The Balaban J connectivity index is 2.08. The van der Waals surface area contributed by atoms with E-state index in [0.29, 0.717) is 18.2 Å². The Labute approximate surface area is 159 Å². The average Bonchev–Trinajstić information content (AvgIpc) is 3.47. The predicted molar refractivity (Wildman–Crippen MR) is 100 cm³/mol. The number of rotatable bonds is 5. The van der Waals surface area contributed by atoms with Crippen molar-refractivity contribution in [3.8, 4) is 0 Å². The molecule has 0 unspecified atom stereocenters. The average molecular weight is 370 g/mol. The van der Waals surface area contributed by atoms with Crippen molar-refractivity contribution in [1.29, 1.82) is 0 Å². The summed E-state index contributed by atoms with van der Waals surface area (Å²) in [4.78, 5) is 34.2. The van der Waals surface area contributed by atoms with Crippen LogP contribution in [0.15, 0.2) is 24.3 Å². The van der Waals surface area contributed by atoms with Gasteiger partial charge in [0, 0.05) is 22.9 Å². The molecule has 2 aliphatic carbocycles. The molecule has 1 aromatic heterocycles. The van der Waals surface area contributed by atoms with E-state index < -0.39 is 23.8 Å². The van der Waals surface area contributed by atoms with Crippen LogP contribution >= 0.6 is 0 Å². The lowest BCUT2D eigenvalue weighted by molar-refractivity contribution is -0.158. The third-order valence-electron chi connectivity index (χ3n) is 5.17. The van der Waals surface area contributed by atoms with Crippen molar-refractivity contribution in [2.45, 2.75) is 33.1 Å². The molecule has 1 aromatic rings. The maximum atomic E-state index is 12.6. The summed E-state index contributed by atoms with van der Waals surface area (Å²) in [6.45, 7) is 3.86. The molecule has 27 heavy (non-hydrogen) atoms. The summed E-state index contributed by atoms with van der Waals surface area (Å²) in [7, 11) is 2.70. The van der Waals surface area contributed by atoms with Crippen molar-refractivity contribution in [2.24, 2.45) is 23.7 Å². The number of carbonyl (C=O) groups is 2. The first-order chi connectivity index (χ1) is 12.9. The van der Waals surface area contributed by atoms with Gasteiger partial charge in [-0.2, -0.15) is 0 Å². The lowest BCUT2D eigenvalue weighted by Gasteiger charge is -2.32. The van der Waals surface area contributed by atoms with Crippen LogP contribution in [-0.2, 0) is 19.1 Å². The molecule has 0 amide bonds. The van der Waals surface area contributed by atoms with Crippen LogP contribution in [0, 0.1) is 37.5 Å². The molecule has 1 heterocycles. The molecule has 0 radical (unpaired) electrons. The van der Waals surface area contributed by atoms with Gasteiger partial charge in [0.25, 0.3) is 0 Å². The Morgan fingerprint density at radius 3 is 2.26 bits per heavy atom. The topological polar surface area (TPSA) is 78.4 Å². The molecular formula is C21H26N2O4. The van der Waals surface area contributed by atoms with E-state index >= 15 is 0 Å². The maximum Gasteiger partial charge on any atom is 0.310 e. The van der Waals surface area contributed by atoms with Gasteiger partial charge in [-0.05, 0) is 45.1 Å². The SMILES string of the molecule is COC(=O)[C@@H]1[C@@H](C(=O)OC)CC=C[C@H]1/C(=C/C1CC1)c1nc(C)cc(C)n1. The summed E-state index contributed by atoms with van der Waals surface area (Å²) in [5.74, 6) is -1.27. The number of methoxy groups -OCH3 is 2. The second-order valence-electron chi connectivity index (χ2n) is 7.30. The molecule has 2 aliphatic rings. The first kappa shape index (κ1) is 19.3. The number of aromatic nitrogens is 2. The molecule has 0 N–H and O–H groups in total. The fraction of sp³-hybridized carbons (Fsp3) is 0.524. The van der Waals surface area contributed by atoms with E-state index in [4.69, 9.17) is 9.47 Å². The molecule has 3 atom stereocenters. The number of nitrogens with zero attached hydrogens (tertiary/aromatic N) is 2. The highest BCUT2D eigenvalue weighted by atomic mass is 16.5. The van der Waals surface area contributed by atoms with Crippen LogP contribution in [0.3, 0.4) is 0 Å². The van der Waals surface area contributed by atoms with Gasteiger partial charge in [0.1, 0.15) is 0 Å². The second kappa shape index (κ2) is 8.03. The smallest absolute Gasteiger partial charge is 0.310 e. The lowest BCUT2D eigenvalue weighted by atomic mass is 9.72. The zero-order valence-corrected chi connectivity index (χ0v) is 16.3. The molecule has 6 heteroatoms. The van der Waals surface area contributed by atoms with Gasteiger partial charge >= 0.3 is 11.9 Å². The van der Waals surface area contributed by atoms with Crippen molar-refractivity contribution in [3.05, 3.63) is 41.5 Å². The summed E-state index contributed by atoms with van der Waals surface area (Å²) in [5, 5.41) is 0. The minimum Gasteiger partial charge on any atom is -0.469 e. The van der Waals surface area contributed by atoms with E-state index in [0.717, 1.165) is 29.8 Å². The maximum absolute atomic E-state index is 12.6. The molecule has 0 aliphatic heterocycles. The van der Waals surface area contributed by atoms with Crippen LogP contribution in [0.5, 0.6) is 0 Å². The summed E-state index contributed by atoms with van der Waals surface area (Å²) >= 11 is 0. The minimum atomic E-state index is -0.651. The van der Waals surface area contributed by atoms with Crippen LogP contribution in [-0.4, -0.2) is 36.1 Å². The zero-order valence-electron chi connectivity index (χ0n) is 16.3. The monoisotopic (exact) mass is 370 g/mol. The third-order valence-corrected chi connectivity index (χ3v) is 5.17. The predicted octanol–water partition coefficient (Wildman–Crippen LogP) is 3.04. The number of esters is 2. The highest BCUT2D eigenvalue weighted by molar-refractivity contribution is 5.86. The van der Waals surface area contributed by atoms with E-state index in [1.165, 1.54) is 14.2 Å². The molecule has 3 rings (SSSR count). The molecule has 144 valence electrons. The van der Waals surface area contributed by atoms with Crippen LogP contribution < -0.4 is 0 Å². The molecule has 1 saturated carbocycles. The van der Waals surface area contributed by atoms with E-state index in [1.807, 2.05) is 32.1 Å². The summed E-state index contributed by atoms with van der Waals surface area (Å²) in [6.07, 6.45) is 8.78. The van der Waals surface area contributed by atoms with Gasteiger partial charge in [-0.15, -0.1) is 0 Å². The zero-order chi connectivity index (χ0) is 19.6. The third kappa shape index (κ3) is 4.26. The summed E-state index contributed by atoms with van der Waals surface area (Å²) < 4.78 is 10.00. The Bertz CT molecular complexity index is 775.